The van der Waals surface area contributed by atoms with E-state index in [4.69, 9.17) is 4.42 Å². The van der Waals surface area contributed by atoms with Gasteiger partial charge in [0.15, 0.2) is 0 Å². The van der Waals surface area contributed by atoms with Crippen LogP contribution in [0.1, 0.15) is 18.7 Å². The Balaban J connectivity index is 1.74. The first-order valence-electron chi connectivity index (χ1n) is 5.94. The van der Waals surface area contributed by atoms with E-state index in [0.29, 0.717) is 11.8 Å². The molecule has 2 aromatic rings. The molecule has 0 atom stereocenters. The van der Waals surface area contributed by atoms with Crippen molar-refractivity contribution in [3.8, 4) is 11.5 Å². The lowest BCUT2D eigenvalue weighted by Crippen LogP contribution is -2.12. The van der Waals surface area contributed by atoms with Gasteiger partial charge in [0, 0.05) is 24.1 Å². The summed E-state index contributed by atoms with van der Waals surface area (Å²) < 4.78 is 5.33. The molecule has 0 bridgehead atoms. The second-order valence-corrected chi connectivity index (χ2v) is 4.47. The zero-order valence-electron chi connectivity index (χ0n) is 10.0. The zero-order chi connectivity index (χ0) is 12.5. The fourth-order valence-electron chi connectivity index (χ4n) is 1.70. The van der Waals surface area contributed by atoms with E-state index in [-0.39, 0.29) is 11.8 Å². The number of aromatic nitrogens is 2. The summed E-state index contributed by atoms with van der Waals surface area (Å²) >= 11 is 0. The van der Waals surface area contributed by atoms with Crippen LogP contribution in [0.3, 0.4) is 0 Å². The number of aryl methyl sites for hydroxylation is 1. The summed E-state index contributed by atoms with van der Waals surface area (Å²) in [5.74, 6) is 1.35. The molecular formula is C13H13N3O2. The Morgan fingerprint density at radius 2 is 2.00 bits per heavy atom. The molecule has 3 rings (SSSR count). The standard InChI is InChI=1S/C13H13N3O2/c1-8-15-16-13(18-8)10-4-6-11(7-5-10)14-12(17)9-2-3-9/h4-7,9H,2-3H2,1H3,(H,14,17). The smallest absolute Gasteiger partial charge is 0.247 e. The lowest BCUT2D eigenvalue weighted by atomic mass is 10.2. The third kappa shape index (κ3) is 2.25. The molecule has 0 unspecified atom stereocenters. The van der Waals surface area contributed by atoms with Crippen LogP contribution in [0.15, 0.2) is 28.7 Å². The molecule has 1 amide bonds. The van der Waals surface area contributed by atoms with Gasteiger partial charge in [-0.2, -0.15) is 0 Å². The molecule has 1 aromatic carbocycles. The maximum Gasteiger partial charge on any atom is 0.247 e. The number of anilines is 1. The topological polar surface area (TPSA) is 68.0 Å². The van der Waals surface area contributed by atoms with Crippen molar-refractivity contribution in [1.29, 1.82) is 0 Å². The summed E-state index contributed by atoms with van der Waals surface area (Å²) in [5.41, 5.74) is 1.65. The second kappa shape index (κ2) is 4.25. The van der Waals surface area contributed by atoms with Gasteiger partial charge in [-0.15, -0.1) is 10.2 Å². The van der Waals surface area contributed by atoms with E-state index >= 15 is 0 Å². The van der Waals surface area contributed by atoms with Crippen LogP contribution in [-0.2, 0) is 4.79 Å². The molecule has 1 heterocycles. The molecule has 92 valence electrons. The number of carbonyl (C=O) groups is 1. The van der Waals surface area contributed by atoms with Crippen molar-refractivity contribution < 1.29 is 9.21 Å². The molecule has 1 aliphatic rings. The van der Waals surface area contributed by atoms with Crippen molar-refractivity contribution in [3.63, 3.8) is 0 Å². The van der Waals surface area contributed by atoms with Gasteiger partial charge in [0.05, 0.1) is 0 Å². The van der Waals surface area contributed by atoms with Crippen LogP contribution >= 0.6 is 0 Å². The van der Waals surface area contributed by atoms with Crippen LogP contribution in [0.5, 0.6) is 0 Å². The van der Waals surface area contributed by atoms with Crippen LogP contribution in [0, 0.1) is 12.8 Å². The number of carbonyl (C=O) groups excluding carboxylic acids is 1. The Kier molecular flexibility index (Phi) is 2.59. The molecular weight excluding hydrogens is 230 g/mol. The molecule has 1 fully saturated rings. The van der Waals surface area contributed by atoms with E-state index in [1.54, 1.807) is 6.92 Å². The summed E-state index contributed by atoms with van der Waals surface area (Å²) in [6.45, 7) is 1.75. The molecule has 1 aromatic heterocycles. The second-order valence-electron chi connectivity index (χ2n) is 4.47. The largest absolute Gasteiger partial charge is 0.421 e. The highest BCUT2D eigenvalue weighted by Crippen LogP contribution is 2.30. The summed E-state index contributed by atoms with van der Waals surface area (Å²) in [7, 11) is 0. The highest BCUT2D eigenvalue weighted by atomic mass is 16.4. The van der Waals surface area contributed by atoms with Crippen molar-refractivity contribution >= 4 is 11.6 Å². The quantitative estimate of drug-likeness (QED) is 0.898. The number of nitrogens with zero attached hydrogens (tertiary/aromatic N) is 2. The first kappa shape index (κ1) is 11.0. The van der Waals surface area contributed by atoms with Crippen LogP contribution in [-0.4, -0.2) is 16.1 Å². The van der Waals surface area contributed by atoms with E-state index in [9.17, 15) is 4.79 Å². The van der Waals surface area contributed by atoms with Gasteiger partial charge >= 0.3 is 0 Å². The number of amides is 1. The number of benzene rings is 1. The monoisotopic (exact) mass is 243 g/mol. The number of hydrogen-bond acceptors (Lipinski definition) is 4. The van der Waals surface area contributed by atoms with Crippen molar-refractivity contribution in [2.75, 3.05) is 5.32 Å². The molecule has 0 spiro atoms. The molecule has 1 aliphatic carbocycles. The maximum atomic E-state index is 11.6. The normalized spacial score (nSPS) is 14.5. The van der Waals surface area contributed by atoms with Gasteiger partial charge in [-0.25, -0.2) is 0 Å². The van der Waals surface area contributed by atoms with Gasteiger partial charge in [0.2, 0.25) is 17.7 Å². The first-order chi connectivity index (χ1) is 8.72. The Bertz CT molecular complexity index is 570. The van der Waals surface area contributed by atoms with E-state index in [1.807, 2.05) is 24.3 Å². The highest BCUT2D eigenvalue weighted by molar-refractivity contribution is 5.94. The van der Waals surface area contributed by atoms with Gasteiger partial charge < -0.3 is 9.73 Å². The first-order valence-corrected chi connectivity index (χ1v) is 5.94. The summed E-state index contributed by atoms with van der Waals surface area (Å²) in [6, 6.07) is 7.40. The van der Waals surface area contributed by atoms with Gasteiger partial charge in [0.1, 0.15) is 0 Å². The Hall–Kier alpha value is -2.17. The molecule has 5 heteroatoms. The van der Waals surface area contributed by atoms with Crippen LogP contribution < -0.4 is 5.32 Å². The molecule has 5 nitrogen and oxygen atoms in total. The number of rotatable bonds is 3. The fraction of sp³-hybridized carbons (Fsp3) is 0.308. The van der Waals surface area contributed by atoms with E-state index < -0.39 is 0 Å². The number of hydrogen-bond donors (Lipinski definition) is 1. The fourth-order valence-corrected chi connectivity index (χ4v) is 1.70. The third-order valence-corrected chi connectivity index (χ3v) is 2.87. The number of nitrogens with one attached hydrogen (secondary N) is 1. The molecule has 0 aliphatic heterocycles. The SMILES string of the molecule is Cc1nnc(-c2ccc(NC(=O)C3CC3)cc2)o1. The van der Waals surface area contributed by atoms with Crippen LogP contribution in [0.2, 0.25) is 0 Å². The van der Waals surface area contributed by atoms with Crippen molar-refractivity contribution in [2.24, 2.45) is 5.92 Å². The Labute approximate surface area is 104 Å². The molecule has 0 radical (unpaired) electrons. The lowest BCUT2D eigenvalue weighted by Gasteiger charge is -2.04. The average molecular weight is 243 g/mol. The van der Waals surface area contributed by atoms with Gasteiger partial charge in [-0.05, 0) is 37.1 Å². The van der Waals surface area contributed by atoms with Gasteiger partial charge in [-0.1, -0.05) is 0 Å². The molecule has 1 saturated carbocycles. The van der Waals surface area contributed by atoms with Crippen molar-refractivity contribution in [1.82, 2.24) is 10.2 Å². The van der Waals surface area contributed by atoms with Crippen LogP contribution in [0.4, 0.5) is 5.69 Å². The Morgan fingerprint density at radius 1 is 1.28 bits per heavy atom. The van der Waals surface area contributed by atoms with E-state index in [2.05, 4.69) is 15.5 Å². The third-order valence-electron chi connectivity index (χ3n) is 2.87. The molecule has 1 N–H and O–H groups in total. The Morgan fingerprint density at radius 3 is 2.56 bits per heavy atom. The van der Waals surface area contributed by atoms with Gasteiger partial charge in [0.25, 0.3) is 0 Å². The van der Waals surface area contributed by atoms with Crippen molar-refractivity contribution in [3.05, 3.63) is 30.2 Å². The van der Waals surface area contributed by atoms with E-state index in [0.717, 1.165) is 24.1 Å². The molecule has 0 saturated heterocycles. The van der Waals surface area contributed by atoms with Crippen molar-refractivity contribution in [2.45, 2.75) is 19.8 Å². The highest BCUT2D eigenvalue weighted by Gasteiger charge is 2.29. The maximum absolute atomic E-state index is 11.6. The molecule has 18 heavy (non-hydrogen) atoms. The minimum absolute atomic E-state index is 0.108. The minimum Gasteiger partial charge on any atom is -0.421 e. The van der Waals surface area contributed by atoms with E-state index in [1.165, 1.54) is 0 Å². The zero-order valence-corrected chi connectivity index (χ0v) is 10.0. The summed E-state index contributed by atoms with van der Waals surface area (Å²) in [5, 5.41) is 10.6. The predicted octanol–water partition coefficient (Wildman–Crippen LogP) is 2.39. The minimum atomic E-state index is 0.108. The lowest BCUT2D eigenvalue weighted by molar-refractivity contribution is -0.117. The summed E-state index contributed by atoms with van der Waals surface area (Å²) in [4.78, 5) is 11.6. The summed E-state index contributed by atoms with van der Waals surface area (Å²) in [6.07, 6.45) is 2.01. The predicted molar refractivity (Wildman–Crippen MR) is 65.8 cm³/mol. The average Bonchev–Trinajstić information content (AvgIpc) is 3.13. The van der Waals surface area contributed by atoms with Gasteiger partial charge in [-0.3, -0.25) is 4.79 Å². The van der Waals surface area contributed by atoms with Crippen LogP contribution in [0.25, 0.3) is 11.5 Å².